The molecule has 1 aliphatic heterocycles. The molecular formula is C11H16BrN3O. The number of rotatable bonds is 2. The summed E-state index contributed by atoms with van der Waals surface area (Å²) in [5.41, 5.74) is 0.588. The first-order chi connectivity index (χ1) is 7.68. The highest BCUT2D eigenvalue weighted by Crippen LogP contribution is 2.25. The summed E-state index contributed by atoms with van der Waals surface area (Å²) in [6.07, 6.45) is 3.76. The summed E-state index contributed by atoms with van der Waals surface area (Å²) in [6.45, 7) is 3.87. The third kappa shape index (κ3) is 2.45. The highest BCUT2D eigenvalue weighted by molar-refractivity contribution is 9.09. The van der Waals surface area contributed by atoms with Crippen molar-refractivity contribution in [2.75, 3.05) is 13.1 Å². The molecule has 1 aromatic heterocycles. The van der Waals surface area contributed by atoms with Crippen LogP contribution in [-0.2, 0) is 0 Å². The quantitative estimate of drug-likeness (QED) is 0.846. The largest absolute Gasteiger partial charge is 0.337 e. The van der Waals surface area contributed by atoms with Gasteiger partial charge in [-0.1, -0.05) is 22.9 Å². The van der Waals surface area contributed by atoms with Crippen LogP contribution in [0.25, 0.3) is 0 Å². The topological polar surface area (TPSA) is 49.0 Å². The lowest BCUT2D eigenvalue weighted by Gasteiger charge is -2.32. The van der Waals surface area contributed by atoms with E-state index in [1.807, 2.05) is 4.90 Å². The fourth-order valence-corrected chi connectivity index (χ4v) is 2.64. The van der Waals surface area contributed by atoms with Crippen LogP contribution in [0.2, 0.25) is 0 Å². The molecule has 0 aliphatic carbocycles. The van der Waals surface area contributed by atoms with Gasteiger partial charge in [0.15, 0.2) is 0 Å². The Morgan fingerprint density at radius 1 is 1.62 bits per heavy atom. The fourth-order valence-electron chi connectivity index (χ4n) is 2.11. The third-order valence-corrected chi connectivity index (χ3v) is 3.96. The molecule has 16 heavy (non-hydrogen) atoms. The Labute approximate surface area is 104 Å². The monoisotopic (exact) mass is 285 g/mol. The van der Waals surface area contributed by atoms with Crippen molar-refractivity contribution in [2.45, 2.75) is 24.6 Å². The van der Waals surface area contributed by atoms with Crippen LogP contribution < -0.4 is 0 Å². The predicted molar refractivity (Wildman–Crippen MR) is 65.6 cm³/mol. The SMILES string of the molecule is CC(Br)C1CCN(C(=O)c2ccn[nH]2)CC1. The van der Waals surface area contributed by atoms with Gasteiger partial charge < -0.3 is 4.90 Å². The maximum Gasteiger partial charge on any atom is 0.271 e. The number of alkyl halides is 1. The maximum atomic E-state index is 12.0. The van der Waals surface area contributed by atoms with E-state index in [1.165, 1.54) is 0 Å². The highest BCUT2D eigenvalue weighted by atomic mass is 79.9. The number of carbonyl (C=O) groups is 1. The summed E-state index contributed by atoms with van der Waals surface area (Å²) >= 11 is 3.61. The van der Waals surface area contributed by atoms with E-state index in [1.54, 1.807) is 12.3 Å². The summed E-state index contributed by atoms with van der Waals surface area (Å²) < 4.78 is 0. The van der Waals surface area contributed by atoms with Gasteiger partial charge in [-0.15, -0.1) is 0 Å². The van der Waals surface area contributed by atoms with E-state index >= 15 is 0 Å². The first-order valence-corrected chi connectivity index (χ1v) is 6.53. The molecule has 5 heteroatoms. The van der Waals surface area contributed by atoms with E-state index in [0.29, 0.717) is 16.4 Å². The van der Waals surface area contributed by atoms with Crippen molar-refractivity contribution in [1.29, 1.82) is 0 Å². The second-order valence-electron chi connectivity index (χ2n) is 4.28. The predicted octanol–water partition coefficient (Wildman–Crippen LogP) is 2.05. The minimum absolute atomic E-state index is 0.0678. The zero-order valence-corrected chi connectivity index (χ0v) is 10.9. The molecule has 1 unspecified atom stereocenters. The molecule has 2 heterocycles. The molecule has 0 radical (unpaired) electrons. The van der Waals surface area contributed by atoms with Crippen LogP contribution >= 0.6 is 15.9 Å². The van der Waals surface area contributed by atoms with Crippen molar-refractivity contribution in [3.63, 3.8) is 0 Å². The van der Waals surface area contributed by atoms with E-state index in [4.69, 9.17) is 0 Å². The number of hydrogen-bond donors (Lipinski definition) is 1. The maximum absolute atomic E-state index is 12.0. The van der Waals surface area contributed by atoms with Gasteiger partial charge in [0.2, 0.25) is 0 Å². The van der Waals surface area contributed by atoms with Gasteiger partial charge in [-0.2, -0.15) is 5.10 Å². The molecular weight excluding hydrogens is 270 g/mol. The number of carbonyl (C=O) groups excluding carboxylic acids is 1. The summed E-state index contributed by atoms with van der Waals surface area (Å²) in [7, 11) is 0. The summed E-state index contributed by atoms with van der Waals surface area (Å²) in [5, 5.41) is 6.52. The second kappa shape index (κ2) is 4.99. The average molecular weight is 286 g/mol. The van der Waals surface area contributed by atoms with Crippen molar-refractivity contribution >= 4 is 21.8 Å². The van der Waals surface area contributed by atoms with Crippen LogP contribution in [-0.4, -0.2) is 38.9 Å². The molecule has 1 saturated heterocycles. The smallest absolute Gasteiger partial charge is 0.271 e. The Balaban J connectivity index is 1.92. The minimum Gasteiger partial charge on any atom is -0.337 e. The number of halogens is 1. The van der Waals surface area contributed by atoms with Crippen LogP contribution in [0, 0.1) is 5.92 Å². The third-order valence-electron chi connectivity index (χ3n) is 3.21. The molecule has 0 spiro atoms. The Kier molecular flexibility index (Phi) is 3.63. The summed E-state index contributed by atoms with van der Waals surface area (Å²) in [4.78, 5) is 14.4. The van der Waals surface area contributed by atoms with E-state index in [0.717, 1.165) is 25.9 Å². The van der Waals surface area contributed by atoms with Gasteiger partial charge >= 0.3 is 0 Å². The lowest BCUT2D eigenvalue weighted by atomic mass is 9.94. The Bertz CT molecular complexity index is 342. The molecule has 1 atom stereocenters. The van der Waals surface area contributed by atoms with Gasteiger partial charge in [-0.25, -0.2) is 0 Å². The number of likely N-dealkylation sites (tertiary alicyclic amines) is 1. The van der Waals surface area contributed by atoms with Gasteiger partial charge in [0.1, 0.15) is 5.69 Å². The summed E-state index contributed by atoms with van der Waals surface area (Å²) in [6, 6.07) is 1.72. The molecule has 0 bridgehead atoms. The Morgan fingerprint density at radius 2 is 2.31 bits per heavy atom. The molecule has 1 aliphatic rings. The fraction of sp³-hybridized carbons (Fsp3) is 0.636. The number of amides is 1. The van der Waals surface area contributed by atoms with Crippen LogP contribution in [0.5, 0.6) is 0 Å². The molecule has 1 amide bonds. The average Bonchev–Trinajstić information content (AvgIpc) is 2.81. The van der Waals surface area contributed by atoms with E-state index in [9.17, 15) is 4.79 Å². The normalized spacial score (nSPS) is 19.8. The van der Waals surface area contributed by atoms with Crippen molar-refractivity contribution in [3.8, 4) is 0 Å². The number of nitrogens with one attached hydrogen (secondary N) is 1. The molecule has 4 nitrogen and oxygen atoms in total. The zero-order chi connectivity index (χ0) is 11.5. The van der Waals surface area contributed by atoms with E-state index in [2.05, 4.69) is 33.1 Å². The van der Waals surface area contributed by atoms with E-state index in [-0.39, 0.29) is 5.91 Å². The van der Waals surface area contributed by atoms with Crippen LogP contribution in [0.1, 0.15) is 30.3 Å². The van der Waals surface area contributed by atoms with Crippen molar-refractivity contribution < 1.29 is 4.79 Å². The first kappa shape index (κ1) is 11.6. The minimum atomic E-state index is 0.0678. The van der Waals surface area contributed by atoms with Crippen LogP contribution in [0.3, 0.4) is 0 Å². The van der Waals surface area contributed by atoms with Crippen molar-refractivity contribution in [3.05, 3.63) is 18.0 Å². The van der Waals surface area contributed by atoms with Crippen LogP contribution in [0.15, 0.2) is 12.3 Å². The lowest BCUT2D eigenvalue weighted by Crippen LogP contribution is -2.40. The van der Waals surface area contributed by atoms with Gasteiger partial charge in [0.05, 0.1) is 0 Å². The molecule has 2 rings (SSSR count). The molecule has 1 fully saturated rings. The van der Waals surface area contributed by atoms with Gasteiger partial charge in [0, 0.05) is 24.1 Å². The van der Waals surface area contributed by atoms with Crippen LogP contribution in [0.4, 0.5) is 0 Å². The van der Waals surface area contributed by atoms with Gasteiger partial charge in [-0.05, 0) is 24.8 Å². The number of hydrogen-bond acceptors (Lipinski definition) is 2. The Hall–Kier alpha value is -0.840. The second-order valence-corrected chi connectivity index (χ2v) is 5.72. The molecule has 1 aromatic rings. The standard InChI is InChI=1S/C11H16BrN3O/c1-8(12)9-3-6-15(7-4-9)11(16)10-2-5-13-14-10/h2,5,8-9H,3-4,6-7H2,1H3,(H,13,14). The number of aromatic nitrogens is 2. The summed E-state index contributed by atoms with van der Waals surface area (Å²) in [5.74, 6) is 0.754. The molecule has 0 aromatic carbocycles. The number of aromatic amines is 1. The first-order valence-electron chi connectivity index (χ1n) is 5.61. The van der Waals surface area contributed by atoms with Crippen molar-refractivity contribution in [2.24, 2.45) is 5.92 Å². The molecule has 88 valence electrons. The Morgan fingerprint density at radius 3 is 2.81 bits per heavy atom. The number of H-pyrrole nitrogens is 1. The van der Waals surface area contributed by atoms with E-state index < -0.39 is 0 Å². The van der Waals surface area contributed by atoms with Gasteiger partial charge in [0.25, 0.3) is 5.91 Å². The molecule has 1 N–H and O–H groups in total. The number of piperidine rings is 1. The van der Waals surface area contributed by atoms with Crippen molar-refractivity contribution in [1.82, 2.24) is 15.1 Å². The lowest BCUT2D eigenvalue weighted by molar-refractivity contribution is 0.0685. The molecule has 0 saturated carbocycles. The zero-order valence-electron chi connectivity index (χ0n) is 9.32. The number of nitrogens with zero attached hydrogens (tertiary/aromatic N) is 2. The van der Waals surface area contributed by atoms with Gasteiger partial charge in [-0.3, -0.25) is 9.89 Å². The highest BCUT2D eigenvalue weighted by Gasteiger charge is 2.26.